The number of primary amides is 1. The van der Waals surface area contributed by atoms with E-state index in [2.05, 4.69) is 15.6 Å². The first-order valence-electron chi connectivity index (χ1n) is 7.34. The maximum atomic E-state index is 12.2. The molecule has 1 aliphatic heterocycles. The first-order chi connectivity index (χ1) is 10.1. The summed E-state index contributed by atoms with van der Waals surface area (Å²) >= 11 is 0. The number of halogens is 2. The van der Waals surface area contributed by atoms with Crippen molar-refractivity contribution in [1.29, 1.82) is 0 Å². The highest BCUT2D eigenvalue weighted by molar-refractivity contribution is 5.90. The lowest BCUT2D eigenvalue weighted by molar-refractivity contribution is -0.123. The van der Waals surface area contributed by atoms with Crippen molar-refractivity contribution in [3.05, 3.63) is 29.6 Å². The second-order valence-electron chi connectivity index (χ2n) is 6.00. The maximum absolute atomic E-state index is 12.2. The Morgan fingerprint density at radius 3 is 2.57 bits per heavy atom. The molecule has 1 saturated heterocycles. The lowest BCUT2D eigenvalue weighted by Crippen LogP contribution is -2.33. The van der Waals surface area contributed by atoms with Gasteiger partial charge in [-0.05, 0) is 49.4 Å². The Morgan fingerprint density at radius 2 is 2.00 bits per heavy atom. The lowest BCUT2D eigenvalue weighted by atomic mass is 9.92. The maximum Gasteiger partial charge on any atom is 0.267 e. The molecule has 3 rings (SSSR count). The molecule has 1 spiro atoms. The largest absolute Gasteiger partial charge is 0.364 e. The smallest absolute Gasteiger partial charge is 0.267 e. The van der Waals surface area contributed by atoms with Gasteiger partial charge in [0.1, 0.15) is 5.69 Å². The summed E-state index contributed by atoms with van der Waals surface area (Å²) < 4.78 is 0. The van der Waals surface area contributed by atoms with E-state index in [0.717, 1.165) is 37.9 Å². The molecule has 1 atom stereocenters. The second-order valence-corrected chi connectivity index (χ2v) is 6.00. The normalized spacial score (nSPS) is 20.8. The van der Waals surface area contributed by atoms with E-state index in [4.69, 9.17) is 5.73 Å². The number of piperidine rings is 1. The molecule has 0 radical (unpaired) electrons. The Balaban J connectivity index is 0.00000132. The Hall–Kier alpha value is -1.37. The standard InChI is InChI=1S/C15H20N4O2.2ClH/c16-13(20)12-2-1-10(8-18-12)9-19-14(21)11-7-15(11)3-5-17-6-4-15;;/h1-2,8,11,17H,3-7,9H2,(H2,16,20)(H,19,21);2*1H. The number of hydrogen-bond acceptors (Lipinski definition) is 4. The topological polar surface area (TPSA) is 97.1 Å². The van der Waals surface area contributed by atoms with Gasteiger partial charge >= 0.3 is 0 Å². The third kappa shape index (κ3) is 4.34. The number of nitrogens with one attached hydrogen (secondary N) is 2. The lowest BCUT2D eigenvalue weighted by Gasteiger charge is -2.23. The third-order valence-corrected chi connectivity index (χ3v) is 4.65. The number of carbonyl (C=O) groups excluding carboxylic acids is 2. The van der Waals surface area contributed by atoms with Crippen LogP contribution in [0, 0.1) is 11.3 Å². The van der Waals surface area contributed by atoms with Crippen LogP contribution in [-0.4, -0.2) is 29.9 Å². The molecule has 6 nitrogen and oxygen atoms in total. The Labute approximate surface area is 147 Å². The molecule has 1 saturated carbocycles. The molecule has 1 aromatic rings. The minimum atomic E-state index is -0.545. The average Bonchev–Trinajstić information content (AvgIpc) is 3.19. The van der Waals surface area contributed by atoms with E-state index in [-0.39, 0.29) is 47.7 Å². The van der Waals surface area contributed by atoms with E-state index in [0.29, 0.717) is 6.54 Å². The fraction of sp³-hybridized carbons (Fsp3) is 0.533. The van der Waals surface area contributed by atoms with Crippen molar-refractivity contribution < 1.29 is 9.59 Å². The first-order valence-corrected chi connectivity index (χ1v) is 7.34. The number of rotatable bonds is 4. The first kappa shape index (κ1) is 19.7. The summed E-state index contributed by atoms with van der Waals surface area (Å²) in [6.07, 6.45) is 4.78. The number of aromatic nitrogens is 1. The molecule has 4 N–H and O–H groups in total. The Morgan fingerprint density at radius 1 is 1.30 bits per heavy atom. The van der Waals surface area contributed by atoms with Gasteiger partial charge in [0, 0.05) is 18.7 Å². The summed E-state index contributed by atoms with van der Waals surface area (Å²) in [6.45, 7) is 2.47. The van der Waals surface area contributed by atoms with E-state index in [1.807, 2.05) is 0 Å². The van der Waals surface area contributed by atoms with Gasteiger partial charge in [-0.25, -0.2) is 0 Å². The SMILES string of the molecule is Cl.Cl.NC(=O)c1ccc(CNC(=O)C2CC23CCNCC3)cn1. The highest BCUT2D eigenvalue weighted by Crippen LogP contribution is 2.58. The molecule has 8 heteroatoms. The fourth-order valence-corrected chi connectivity index (χ4v) is 3.18. The highest BCUT2D eigenvalue weighted by atomic mass is 35.5. The molecular formula is C15H22Cl2N4O2. The van der Waals surface area contributed by atoms with Crippen LogP contribution in [0.5, 0.6) is 0 Å². The van der Waals surface area contributed by atoms with Gasteiger partial charge < -0.3 is 16.4 Å². The minimum absolute atomic E-state index is 0. The molecule has 0 bridgehead atoms. The zero-order valence-corrected chi connectivity index (χ0v) is 14.3. The average molecular weight is 361 g/mol. The van der Waals surface area contributed by atoms with Gasteiger partial charge in [0.15, 0.2) is 0 Å². The minimum Gasteiger partial charge on any atom is -0.364 e. The van der Waals surface area contributed by atoms with Crippen molar-refractivity contribution in [2.45, 2.75) is 25.8 Å². The molecule has 2 fully saturated rings. The summed E-state index contributed by atoms with van der Waals surface area (Å²) in [5, 5.41) is 6.30. The molecular weight excluding hydrogens is 339 g/mol. The van der Waals surface area contributed by atoms with Gasteiger partial charge in [0.05, 0.1) is 0 Å². The van der Waals surface area contributed by atoms with E-state index >= 15 is 0 Å². The summed E-state index contributed by atoms with van der Waals surface area (Å²) in [5.41, 5.74) is 6.50. The van der Waals surface area contributed by atoms with E-state index in [1.54, 1.807) is 18.3 Å². The van der Waals surface area contributed by atoms with Crippen LogP contribution in [0.3, 0.4) is 0 Å². The monoisotopic (exact) mass is 360 g/mol. The highest BCUT2D eigenvalue weighted by Gasteiger charge is 2.57. The van der Waals surface area contributed by atoms with Crippen molar-refractivity contribution in [3.63, 3.8) is 0 Å². The number of carbonyl (C=O) groups is 2. The van der Waals surface area contributed by atoms with Crippen molar-refractivity contribution in [1.82, 2.24) is 15.6 Å². The van der Waals surface area contributed by atoms with E-state index in [1.165, 1.54) is 0 Å². The van der Waals surface area contributed by atoms with Crippen molar-refractivity contribution in [3.8, 4) is 0 Å². The molecule has 128 valence electrons. The van der Waals surface area contributed by atoms with Gasteiger partial charge in [-0.2, -0.15) is 0 Å². The predicted molar refractivity (Wildman–Crippen MR) is 91.7 cm³/mol. The molecule has 2 aliphatic rings. The molecule has 1 aliphatic carbocycles. The number of nitrogens with zero attached hydrogens (tertiary/aromatic N) is 1. The Bertz CT molecular complexity index is 559. The molecule has 1 aromatic heterocycles. The van der Waals surface area contributed by atoms with Crippen LogP contribution in [-0.2, 0) is 11.3 Å². The number of pyridine rings is 1. The fourth-order valence-electron chi connectivity index (χ4n) is 3.18. The molecule has 2 amide bonds. The van der Waals surface area contributed by atoms with E-state index < -0.39 is 5.91 Å². The molecule has 0 aromatic carbocycles. The van der Waals surface area contributed by atoms with Gasteiger partial charge in [-0.15, -0.1) is 24.8 Å². The second kappa shape index (κ2) is 7.95. The van der Waals surface area contributed by atoms with Crippen molar-refractivity contribution in [2.24, 2.45) is 17.1 Å². The van der Waals surface area contributed by atoms with Crippen LogP contribution < -0.4 is 16.4 Å². The van der Waals surface area contributed by atoms with E-state index in [9.17, 15) is 9.59 Å². The zero-order chi connectivity index (χ0) is 14.9. The van der Waals surface area contributed by atoms with Gasteiger partial charge in [0.25, 0.3) is 5.91 Å². The summed E-state index contributed by atoms with van der Waals surface area (Å²) in [4.78, 5) is 27.1. The third-order valence-electron chi connectivity index (χ3n) is 4.65. The number of amides is 2. The molecule has 1 unspecified atom stereocenters. The number of hydrogen-bond donors (Lipinski definition) is 3. The van der Waals surface area contributed by atoms with Crippen LogP contribution in [0.1, 0.15) is 35.3 Å². The van der Waals surface area contributed by atoms with Gasteiger partial charge in [0.2, 0.25) is 5.91 Å². The van der Waals surface area contributed by atoms with Gasteiger partial charge in [-0.1, -0.05) is 6.07 Å². The van der Waals surface area contributed by atoms with Crippen LogP contribution in [0.15, 0.2) is 18.3 Å². The van der Waals surface area contributed by atoms with Crippen molar-refractivity contribution in [2.75, 3.05) is 13.1 Å². The van der Waals surface area contributed by atoms with Crippen LogP contribution in [0.25, 0.3) is 0 Å². The van der Waals surface area contributed by atoms with Crippen LogP contribution in [0.4, 0.5) is 0 Å². The molecule has 23 heavy (non-hydrogen) atoms. The number of nitrogens with two attached hydrogens (primary N) is 1. The van der Waals surface area contributed by atoms with Crippen LogP contribution >= 0.6 is 24.8 Å². The van der Waals surface area contributed by atoms with Crippen molar-refractivity contribution >= 4 is 36.6 Å². The quantitative estimate of drug-likeness (QED) is 0.746. The zero-order valence-electron chi connectivity index (χ0n) is 12.7. The Kier molecular flexibility index (Phi) is 6.80. The predicted octanol–water partition coefficient (Wildman–Crippen LogP) is 1.03. The van der Waals surface area contributed by atoms with Gasteiger partial charge in [-0.3, -0.25) is 14.6 Å². The summed E-state index contributed by atoms with van der Waals surface area (Å²) in [6, 6.07) is 3.34. The summed E-state index contributed by atoms with van der Waals surface area (Å²) in [7, 11) is 0. The van der Waals surface area contributed by atoms with Crippen LogP contribution in [0.2, 0.25) is 0 Å². The summed E-state index contributed by atoms with van der Waals surface area (Å²) in [5.74, 6) is -0.246. The molecule has 2 heterocycles.